The minimum Gasteiger partial charge on any atom is -0.481 e. The summed E-state index contributed by atoms with van der Waals surface area (Å²) in [7, 11) is 0. The number of carbonyl (C=O) groups is 2. The first-order valence-electron chi connectivity index (χ1n) is 5.78. The van der Waals surface area contributed by atoms with Crippen molar-refractivity contribution in [1.82, 2.24) is 4.98 Å². The van der Waals surface area contributed by atoms with Crippen molar-refractivity contribution in [3.63, 3.8) is 0 Å². The van der Waals surface area contributed by atoms with E-state index in [0.717, 1.165) is 5.69 Å². The van der Waals surface area contributed by atoms with Gasteiger partial charge in [-0.3, -0.25) is 14.6 Å². The van der Waals surface area contributed by atoms with Crippen LogP contribution in [0.15, 0.2) is 24.4 Å². The number of aromatic nitrogens is 1. The Morgan fingerprint density at radius 2 is 1.94 bits per heavy atom. The highest BCUT2D eigenvalue weighted by Crippen LogP contribution is 2.33. The van der Waals surface area contributed by atoms with Gasteiger partial charge in [0.2, 0.25) is 0 Å². The van der Waals surface area contributed by atoms with Crippen molar-refractivity contribution in [1.29, 1.82) is 0 Å². The summed E-state index contributed by atoms with van der Waals surface area (Å²) >= 11 is 0. The monoisotopic (exact) mass is 251 g/mol. The molecule has 1 rings (SSSR count). The van der Waals surface area contributed by atoms with Crippen molar-refractivity contribution in [3.05, 3.63) is 30.1 Å². The second-order valence-corrected chi connectivity index (χ2v) is 4.56. The third-order valence-corrected chi connectivity index (χ3v) is 3.31. The van der Waals surface area contributed by atoms with Crippen LogP contribution in [0, 0.1) is 5.92 Å². The van der Waals surface area contributed by atoms with Gasteiger partial charge in [-0.15, -0.1) is 0 Å². The molecule has 5 nitrogen and oxygen atoms in total. The number of rotatable bonds is 6. The number of carboxylic acid groups (broad SMARTS) is 2. The predicted octanol–water partition coefficient (Wildman–Crippen LogP) is 1.92. The van der Waals surface area contributed by atoms with Gasteiger partial charge in [-0.2, -0.15) is 0 Å². The molecule has 1 aromatic heterocycles. The predicted molar refractivity (Wildman–Crippen MR) is 65.3 cm³/mol. The van der Waals surface area contributed by atoms with Gasteiger partial charge in [0.1, 0.15) is 0 Å². The number of aliphatic carboxylic acids is 2. The van der Waals surface area contributed by atoms with E-state index in [9.17, 15) is 9.59 Å². The van der Waals surface area contributed by atoms with Crippen LogP contribution in [0.4, 0.5) is 0 Å². The molecule has 0 aliphatic heterocycles. The molecule has 1 unspecified atom stereocenters. The first-order valence-corrected chi connectivity index (χ1v) is 5.78. The van der Waals surface area contributed by atoms with Crippen LogP contribution >= 0.6 is 0 Å². The first kappa shape index (κ1) is 14.2. The average molecular weight is 251 g/mol. The summed E-state index contributed by atoms with van der Waals surface area (Å²) in [5.41, 5.74) is 0.169. The van der Waals surface area contributed by atoms with Crippen LogP contribution in [0.2, 0.25) is 0 Å². The largest absolute Gasteiger partial charge is 0.481 e. The Morgan fingerprint density at radius 3 is 2.33 bits per heavy atom. The fraction of sp³-hybridized carbons (Fsp3) is 0.462. The zero-order chi connectivity index (χ0) is 13.8. The van der Waals surface area contributed by atoms with E-state index in [0.29, 0.717) is 6.42 Å². The summed E-state index contributed by atoms with van der Waals surface area (Å²) < 4.78 is 0. The molecule has 0 aromatic carbocycles. The number of hydrogen-bond donors (Lipinski definition) is 2. The normalized spacial score (nSPS) is 14.2. The molecule has 0 aliphatic carbocycles. The molecule has 0 radical (unpaired) electrons. The molecule has 0 saturated carbocycles. The van der Waals surface area contributed by atoms with E-state index in [2.05, 4.69) is 4.98 Å². The zero-order valence-electron chi connectivity index (χ0n) is 10.5. The summed E-state index contributed by atoms with van der Waals surface area (Å²) in [6.45, 7) is 3.74. The summed E-state index contributed by atoms with van der Waals surface area (Å²) in [5, 5.41) is 17.9. The lowest BCUT2D eigenvalue weighted by atomic mass is 9.76. The molecule has 0 fully saturated rings. The van der Waals surface area contributed by atoms with Crippen LogP contribution in [-0.4, -0.2) is 27.1 Å². The molecule has 2 N–H and O–H groups in total. The van der Waals surface area contributed by atoms with Crippen molar-refractivity contribution in [2.24, 2.45) is 5.92 Å². The molecule has 0 aliphatic rings. The van der Waals surface area contributed by atoms with Crippen molar-refractivity contribution < 1.29 is 19.8 Å². The van der Waals surface area contributed by atoms with E-state index >= 15 is 0 Å². The molecule has 0 bridgehead atoms. The number of pyridine rings is 1. The van der Waals surface area contributed by atoms with Crippen molar-refractivity contribution in [2.45, 2.75) is 32.1 Å². The van der Waals surface area contributed by atoms with Gasteiger partial charge in [0.05, 0.1) is 0 Å². The standard InChI is InChI=1S/C13H17NO4/c1-3-13(2,10-6-4-5-7-14-10)8-9(11(15)16)12(17)18/h4-7,9H,3,8H2,1-2H3,(H,15,16)(H,17,18). The van der Waals surface area contributed by atoms with Crippen molar-refractivity contribution >= 4 is 11.9 Å². The van der Waals surface area contributed by atoms with E-state index in [-0.39, 0.29) is 6.42 Å². The number of hydrogen-bond acceptors (Lipinski definition) is 3. The molecule has 0 saturated heterocycles. The Labute approximate surface area is 105 Å². The van der Waals surface area contributed by atoms with Gasteiger partial charge in [0, 0.05) is 17.3 Å². The molecule has 1 aromatic rings. The van der Waals surface area contributed by atoms with Gasteiger partial charge < -0.3 is 10.2 Å². The second kappa shape index (κ2) is 5.62. The summed E-state index contributed by atoms with van der Waals surface area (Å²) in [4.78, 5) is 26.1. The molecule has 1 atom stereocenters. The molecular formula is C13H17NO4. The molecule has 0 amide bonds. The van der Waals surface area contributed by atoms with Gasteiger partial charge in [-0.1, -0.05) is 19.9 Å². The molecule has 18 heavy (non-hydrogen) atoms. The molecule has 1 heterocycles. The fourth-order valence-corrected chi connectivity index (χ4v) is 1.88. The second-order valence-electron chi connectivity index (χ2n) is 4.56. The Kier molecular flexibility index (Phi) is 4.42. The Bertz CT molecular complexity index is 418. The maximum Gasteiger partial charge on any atom is 0.317 e. The molecular weight excluding hydrogens is 234 g/mol. The molecule has 98 valence electrons. The minimum atomic E-state index is -1.41. The quantitative estimate of drug-likeness (QED) is 0.754. The molecule has 5 heteroatoms. The molecule has 0 spiro atoms. The van der Waals surface area contributed by atoms with E-state index in [1.807, 2.05) is 19.9 Å². The van der Waals surface area contributed by atoms with Crippen LogP contribution in [0.25, 0.3) is 0 Å². The maximum absolute atomic E-state index is 11.0. The van der Waals surface area contributed by atoms with Gasteiger partial charge >= 0.3 is 11.9 Å². The summed E-state index contributed by atoms with van der Waals surface area (Å²) in [6.07, 6.45) is 2.28. The highest BCUT2D eigenvalue weighted by atomic mass is 16.4. The van der Waals surface area contributed by atoms with Crippen LogP contribution in [-0.2, 0) is 15.0 Å². The minimum absolute atomic E-state index is 0.0329. The number of nitrogens with zero attached hydrogens (tertiary/aromatic N) is 1. The lowest BCUT2D eigenvalue weighted by molar-refractivity contribution is -0.155. The lowest BCUT2D eigenvalue weighted by Gasteiger charge is -2.29. The van der Waals surface area contributed by atoms with Gasteiger partial charge in [-0.05, 0) is 25.0 Å². The highest BCUT2D eigenvalue weighted by molar-refractivity contribution is 5.92. The first-order chi connectivity index (χ1) is 8.40. The Morgan fingerprint density at radius 1 is 1.33 bits per heavy atom. The highest BCUT2D eigenvalue weighted by Gasteiger charge is 2.36. The van der Waals surface area contributed by atoms with Crippen LogP contribution in [0.3, 0.4) is 0 Å². The van der Waals surface area contributed by atoms with Crippen molar-refractivity contribution in [3.8, 4) is 0 Å². The van der Waals surface area contributed by atoms with Crippen LogP contribution in [0.1, 0.15) is 32.4 Å². The number of carboxylic acids is 2. The van der Waals surface area contributed by atoms with Crippen LogP contribution < -0.4 is 0 Å². The van der Waals surface area contributed by atoms with E-state index in [1.165, 1.54) is 0 Å². The van der Waals surface area contributed by atoms with E-state index in [1.54, 1.807) is 18.3 Å². The van der Waals surface area contributed by atoms with Gasteiger partial charge in [-0.25, -0.2) is 0 Å². The average Bonchev–Trinajstić information content (AvgIpc) is 2.36. The third-order valence-electron chi connectivity index (χ3n) is 3.31. The third kappa shape index (κ3) is 3.06. The zero-order valence-corrected chi connectivity index (χ0v) is 10.5. The van der Waals surface area contributed by atoms with Gasteiger partial charge in [0.15, 0.2) is 5.92 Å². The summed E-state index contributed by atoms with van der Waals surface area (Å²) in [6, 6.07) is 5.38. The van der Waals surface area contributed by atoms with Crippen LogP contribution in [0.5, 0.6) is 0 Å². The van der Waals surface area contributed by atoms with Crippen molar-refractivity contribution in [2.75, 3.05) is 0 Å². The topological polar surface area (TPSA) is 87.5 Å². The Hall–Kier alpha value is -1.91. The van der Waals surface area contributed by atoms with E-state index in [4.69, 9.17) is 10.2 Å². The lowest BCUT2D eigenvalue weighted by Crippen LogP contribution is -2.33. The maximum atomic E-state index is 11.0. The Balaban J connectivity index is 3.02. The fourth-order valence-electron chi connectivity index (χ4n) is 1.88. The van der Waals surface area contributed by atoms with E-state index < -0.39 is 23.3 Å². The smallest absolute Gasteiger partial charge is 0.317 e. The van der Waals surface area contributed by atoms with Gasteiger partial charge in [0.25, 0.3) is 0 Å². The summed E-state index contributed by atoms with van der Waals surface area (Å²) in [5.74, 6) is -4.02. The SMILES string of the molecule is CCC(C)(CC(C(=O)O)C(=O)O)c1ccccn1.